The van der Waals surface area contributed by atoms with E-state index in [4.69, 9.17) is 10.2 Å². The van der Waals surface area contributed by atoms with Crippen LogP contribution in [0.25, 0.3) is 0 Å². The molecule has 3 N–H and O–H groups in total. The molecular formula is C9H14N2O2. The number of nitrogens with one attached hydrogen (secondary N) is 1. The maximum atomic E-state index is 10.5. The Morgan fingerprint density at radius 1 is 1.77 bits per heavy atom. The van der Waals surface area contributed by atoms with Crippen LogP contribution >= 0.6 is 0 Å². The summed E-state index contributed by atoms with van der Waals surface area (Å²) in [6, 6.07) is 3.79. The molecule has 1 aromatic rings. The zero-order valence-corrected chi connectivity index (χ0v) is 7.62. The molecule has 72 valence electrons. The molecule has 0 aliphatic heterocycles. The van der Waals surface area contributed by atoms with Gasteiger partial charge in [-0.25, -0.2) is 0 Å². The predicted octanol–water partition coefficient (Wildman–Crippen LogP) is 0.633. The molecule has 1 unspecified atom stereocenters. The molecule has 0 fully saturated rings. The van der Waals surface area contributed by atoms with Gasteiger partial charge in [-0.3, -0.25) is 4.79 Å². The fourth-order valence-electron chi connectivity index (χ4n) is 1.06. The van der Waals surface area contributed by atoms with E-state index in [1.165, 1.54) is 0 Å². The Hall–Kier alpha value is -1.29. The third-order valence-electron chi connectivity index (χ3n) is 1.71. The van der Waals surface area contributed by atoms with Crippen LogP contribution in [0.3, 0.4) is 0 Å². The molecule has 0 aromatic carbocycles. The highest BCUT2D eigenvalue weighted by atomic mass is 16.3. The van der Waals surface area contributed by atoms with Gasteiger partial charge in [0.1, 0.15) is 5.76 Å². The lowest BCUT2D eigenvalue weighted by Crippen LogP contribution is -2.30. The number of hydrogen-bond donors (Lipinski definition) is 2. The first-order valence-corrected chi connectivity index (χ1v) is 4.22. The summed E-state index contributed by atoms with van der Waals surface area (Å²) in [5.41, 5.74) is 5.04. The molecule has 1 atom stereocenters. The summed E-state index contributed by atoms with van der Waals surface area (Å²) < 4.78 is 5.11. The Morgan fingerprint density at radius 2 is 2.54 bits per heavy atom. The number of carbonyl (C=O) groups excluding carboxylic acids is 1. The van der Waals surface area contributed by atoms with Crippen molar-refractivity contribution in [3.8, 4) is 0 Å². The van der Waals surface area contributed by atoms with Gasteiger partial charge in [-0.15, -0.1) is 0 Å². The second-order valence-corrected chi connectivity index (χ2v) is 3.03. The molecule has 13 heavy (non-hydrogen) atoms. The summed E-state index contributed by atoms with van der Waals surface area (Å²) in [4.78, 5) is 10.5. The Kier molecular flexibility index (Phi) is 3.52. The SMILES string of the molecule is CC(CC(N)=O)NCc1ccco1. The zero-order chi connectivity index (χ0) is 9.68. The Labute approximate surface area is 77.1 Å². The van der Waals surface area contributed by atoms with Gasteiger partial charge in [0.05, 0.1) is 12.8 Å². The molecule has 1 rings (SSSR count). The zero-order valence-electron chi connectivity index (χ0n) is 7.62. The van der Waals surface area contributed by atoms with Gasteiger partial charge in [-0.1, -0.05) is 0 Å². The molecule has 0 radical (unpaired) electrons. The van der Waals surface area contributed by atoms with Crippen LogP contribution < -0.4 is 11.1 Å². The standard InChI is InChI=1S/C9H14N2O2/c1-7(5-9(10)12)11-6-8-3-2-4-13-8/h2-4,7,11H,5-6H2,1H3,(H2,10,12). The number of amides is 1. The second-order valence-electron chi connectivity index (χ2n) is 3.03. The molecule has 0 aliphatic carbocycles. The van der Waals surface area contributed by atoms with E-state index in [9.17, 15) is 4.79 Å². The maximum absolute atomic E-state index is 10.5. The Morgan fingerprint density at radius 3 is 3.08 bits per heavy atom. The van der Waals surface area contributed by atoms with Gasteiger partial charge in [-0.05, 0) is 19.1 Å². The number of rotatable bonds is 5. The topological polar surface area (TPSA) is 68.3 Å². The summed E-state index contributed by atoms with van der Waals surface area (Å²) in [5.74, 6) is 0.566. The predicted molar refractivity (Wildman–Crippen MR) is 48.8 cm³/mol. The Balaban J connectivity index is 2.22. The van der Waals surface area contributed by atoms with Crippen molar-refractivity contribution in [1.82, 2.24) is 5.32 Å². The molecule has 0 spiro atoms. The minimum absolute atomic E-state index is 0.0857. The van der Waals surface area contributed by atoms with E-state index in [2.05, 4.69) is 5.32 Å². The molecule has 1 heterocycles. The van der Waals surface area contributed by atoms with Crippen LogP contribution in [-0.2, 0) is 11.3 Å². The highest BCUT2D eigenvalue weighted by Gasteiger charge is 2.05. The van der Waals surface area contributed by atoms with Gasteiger partial charge in [0, 0.05) is 12.5 Å². The van der Waals surface area contributed by atoms with E-state index in [1.54, 1.807) is 6.26 Å². The van der Waals surface area contributed by atoms with Crippen molar-refractivity contribution in [3.05, 3.63) is 24.2 Å². The summed E-state index contributed by atoms with van der Waals surface area (Å²) in [6.07, 6.45) is 1.97. The molecule has 0 saturated heterocycles. The van der Waals surface area contributed by atoms with Gasteiger partial charge >= 0.3 is 0 Å². The minimum atomic E-state index is -0.292. The number of nitrogens with two attached hydrogens (primary N) is 1. The van der Waals surface area contributed by atoms with E-state index < -0.39 is 0 Å². The average molecular weight is 182 g/mol. The molecule has 0 saturated carbocycles. The number of furan rings is 1. The first-order valence-electron chi connectivity index (χ1n) is 4.22. The minimum Gasteiger partial charge on any atom is -0.468 e. The number of primary amides is 1. The van der Waals surface area contributed by atoms with Crippen LogP contribution in [-0.4, -0.2) is 11.9 Å². The van der Waals surface area contributed by atoms with Gasteiger partial charge in [0.25, 0.3) is 0 Å². The van der Waals surface area contributed by atoms with Gasteiger partial charge in [0.15, 0.2) is 0 Å². The van der Waals surface area contributed by atoms with Crippen molar-refractivity contribution in [2.75, 3.05) is 0 Å². The maximum Gasteiger partial charge on any atom is 0.218 e. The number of hydrogen-bond acceptors (Lipinski definition) is 3. The van der Waals surface area contributed by atoms with Crippen LogP contribution in [0.5, 0.6) is 0 Å². The third-order valence-corrected chi connectivity index (χ3v) is 1.71. The Bertz CT molecular complexity index is 257. The van der Waals surface area contributed by atoms with Crippen molar-refractivity contribution in [2.45, 2.75) is 25.9 Å². The lowest BCUT2D eigenvalue weighted by molar-refractivity contribution is -0.118. The van der Waals surface area contributed by atoms with Gasteiger partial charge < -0.3 is 15.5 Å². The largest absolute Gasteiger partial charge is 0.468 e. The van der Waals surface area contributed by atoms with Crippen LogP contribution in [0.15, 0.2) is 22.8 Å². The summed E-state index contributed by atoms with van der Waals surface area (Å²) in [7, 11) is 0. The van der Waals surface area contributed by atoms with Crippen molar-refractivity contribution < 1.29 is 9.21 Å². The fourth-order valence-corrected chi connectivity index (χ4v) is 1.06. The van der Waals surface area contributed by atoms with Crippen molar-refractivity contribution in [3.63, 3.8) is 0 Å². The van der Waals surface area contributed by atoms with Crippen LogP contribution in [0.4, 0.5) is 0 Å². The monoisotopic (exact) mass is 182 g/mol. The van der Waals surface area contributed by atoms with Crippen molar-refractivity contribution in [1.29, 1.82) is 0 Å². The van der Waals surface area contributed by atoms with Crippen LogP contribution in [0.2, 0.25) is 0 Å². The molecule has 4 heteroatoms. The van der Waals surface area contributed by atoms with E-state index in [0.717, 1.165) is 5.76 Å². The van der Waals surface area contributed by atoms with Crippen molar-refractivity contribution >= 4 is 5.91 Å². The molecule has 0 aliphatic rings. The summed E-state index contributed by atoms with van der Waals surface area (Å²) >= 11 is 0. The van der Waals surface area contributed by atoms with Crippen LogP contribution in [0, 0.1) is 0 Å². The second kappa shape index (κ2) is 4.67. The van der Waals surface area contributed by atoms with Crippen LogP contribution in [0.1, 0.15) is 19.1 Å². The average Bonchev–Trinajstić information content (AvgIpc) is 2.51. The quantitative estimate of drug-likeness (QED) is 0.701. The molecular weight excluding hydrogens is 168 g/mol. The first-order chi connectivity index (χ1) is 6.18. The lowest BCUT2D eigenvalue weighted by atomic mass is 10.2. The first kappa shape index (κ1) is 9.80. The highest BCUT2D eigenvalue weighted by Crippen LogP contribution is 2.00. The highest BCUT2D eigenvalue weighted by molar-refractivity contribution is 5.74. The van der Waals surface area contributed by atoms with E-state index >= 15 is 0 Å². The molecule has 1 amide bonds. The van der Waals surface area contributed by atoms with E-state index in [1.807, 2.05) is 19.1 Å². The van der Waals surface area contributed by atoms with E-state index in [-0.39, 0.29) is 11.9 Å². The molecule has 4 nitrogen and oxygen atoms in total. The molecule has 0 bridgehead atoms. The van der Waals surface area contributed by atoms with Gasteiger partial charge in [-0.2, -0.15) is 0 Å². The fraction of sp³-hybridized carbons (Fsp3) is 0.444. The lowest BCUT2D eigenvalue weighted by Gasteiger charge is -2.09. The summed E-state index contributed by atoms with van der Waals surface area (Å²) in [5, 5.41) is 3.12. The summed E-state index contributed by atoms with van der Waals surface area (Å²) in [6.45, 7) is 2.54. The van der Waals surface area contributed by atoms with E-state index in [0.29, 0.717) is 13.0 Å². The number of carbonyl (C=O) groups is 1. The van der Waals surface area contributed by atoms with Crippen molar-refractivity contribution in [2.24, 2.45) is 5.73 Å². The smallest absolute Gasteiger partial charge is 0.218 e. The molecule has 1 aromatic heterocycles. The third kappa shape index (κ3) is 3.75. The normalized spacial score (nSPS) is 12.7. The van der Waals surface area contributed by atoms with Gasteiger partial charge in [0.2, 0.25) is 5.91 Å².